The Morgan fingerprint density at radius 1 is 1.36 bits per heavy atom. The highest BCUT2D eigenvalue weighted by Gasteiger charge is 2.13. The molecule has 14 heavy (non-hydrogen) atoms. The Kier molecular flexibility index (Phi) is 7.48. The lowest BCUT2D eigenvalue weighted by Gasteiger charge is -2.06. The fourth-order valence-electron chi connectivity index (χ4n) is 1.04. The van der Waals surface area contributed by atoms with Crippen LogP contribution in [-0.2, 0) is 14.3 Å². The zero-order valence-electron chi connectivity index (χ0n) is 8.72. The zero-order chi connectivity index (χ0) is 11.0. The SMILES string of the molecule is CCOC(=O)CCCC(Cl)C(=O)CC. The van der Waals surface area contributed by atoms with E-state index in [-0.39, 0.29) is 11.8 Å². The van der Waals surface area contributed by atoms with E-state index < -0.39 is 5.38 Å². The van der Waals surface area contributed by atoms with Crippen molar-refractivity contribution >= 4 is 23.4 Å². The van der Waals surface area contributed by atoms with Gasteiger partial charge in [-0.3, -0.25) is 9.59 Å². The van der Waals surface area contributed by atoms with Gasteiger partial charge < -0.3 is 4.74 Å². The van der Waals surface area contributed by atoms with Gasteiger partial charge >= 0.3 is 5.97 Å². The summed E-state index contributed by atoms with van der Waals surface area (Å²) in [4.78, 5) is 22.0. The molecule has 0 fully saturated rings. The lowest BCUT2D eigenvalue weighted by atomic mass is 10.1. The van der Waals surface area contributed by atoms with Gasteiger partial charge in [-0.25, -0.2) is 0 Å². The molecule has 0 aliphatic rings. The van der Waals surface area contributed by atoms with Crippen LogP contribution in [0.4, 0.5) is 0 Å². The van der Waals surface area contributed by atoms with E-state index in [1.807, 2.05) is 0 Å². The molecular formula is C10H17ClO3. The lowest BCUT2D eigenvalue weighted by molar-refractivity contribution is -0.143. The third-order valence-electron chi connectivity index (χ3n) is 1.84. The topological polar surface area (TPSA) is 43.4 Å². The maximum atomic E-state index is 11.1. The monoisotopic (exact) mass is 220 g/mol. The lowest BCUT2D eigenvalue weighted by Crippen LogP contribution is -2.13. The standard InChI is InChI=1S/C10H17ClO3/c1-3-9(12)8(11)6-5-7-10(13)14-4-2/h8H,3-7H2,1-2H3. The van der Waals surface area contributed by atoms with Gasteiger partial charge in [0.1, 0.15) is 5.78 Å². The first-order valence-corrected chi connectivity index (χ1v) is 5.37. The van der Waals surface area contributed by atoms with Crippen molar-refractivity contribution in [1.82, 2.24) is 0 Å². The average molecular weight is 221 g/mol. The Bertz CT molecular complexity index is 192. The molecule has 0 radical (unpaired) electrons. The summed E-state index contributed by atoms with van der Waals surface area (Å²) in [6.45, 7) is 3.95. The number of ketones is 1. The quantitative estimate of drug-likeness (QED) is 0.489. The van der Waals surface area contributed by atoms with E-state index in [9.17, 15) is 9.59 Å². The first kappa shape index (κ1) is 13.4. The Morgan fingerprint density at radius 3 is 2.50 bits per heavy atom. The molecular weight excluding hydrogens is 204 g/mol. The van der Waals surface area contributed by atoms with Crippen LogP contribution in [0.1, 0.15) is 39.5 Å². The van der Waals surface area contributed by atoms with Crippen molar-refractivity contribution in [2.24, 2.45) is 0 Å². The van der Waals surface area contributed by atoms with E-state index in [0.717, 1.165) is 0 Å². The summed E-state index contributed by atoms with van der Waals surface area (Å²) in [5.74, 6) is -0.184. The number of carbonyl (C=O) groups is 2. The molecule has 0 N–H and O–H groups in total. The van der Waals surface area contributed by atoms with Crippen LogP contribution in [0.3, 0.4) is 0 Å². The number of carbonyl (C=O) groups excluding carboxylic acids is 2. The van der Waals surface area contributed by atoms with Gasteiger partial charge in [-0.1, -0.05) is 6.92 Å². The van der Waals surface area contributed by atoms with Crippen molar-refractivity contribution in [2.75, 3.05) is 6.61 Å². The van der Waals surface area contributed by atoms with Crippen LogP contribution in [0.5, 0.6) is 0 Å². The summed E-state index contributed by atoms with van der Waals surface area (Å²) in [5, 5.41) is -0.450. The van der Waals surface area contributed by atoms with Crippen molar-refractivity contribution in [3.63, 3.8) is 0 Å². The van der Waals surface area contributed by atoms with E-state index in [1.54, 1.807) is 13.8 Å². The number of Topliss-reactive ketones (excluding diaryl/α,β-unsaturated/α-hetero) is 1. The number of esters is 1. The molecule has 0 saturated carbocycles. The molecule has 0 rings (SSSR count). The molecule has 0 spiro atoms. The largest absolute Gasteiger partial charge is 0.466 e. The smallest absolute Gasteiger partial charge is 0.305 e. The first-order valence-electron chi connectivity index (χ1n) is 4.94. The predicted octanol–water partition coefficient (Wildman–Crippen LogP) is 2.31. The molecule has 0 aliphatic carbocycles. The number of halogens is 1. The van der Waals surface area contributed by atoms with Crippen LogP contribution < -0.4 is 0 Å². The molecule has 0 aromatic rings. The van der Waals surface area contributed by atoms with Crippen LogP contribution in [0.15, 0.2) is 0 Å². The highest BCUT2D eigenvalue weighted by molar-refractivity contribution is 6.31. The Balaban J connectivity index is 3.53. The third kappa shape index (κ3) is 5.97. The van der Waals surface area contributed by atoms with Crippen molar-refractivity contribution < 1.29 is 14.3 Å². The van der Waals surface area contributed by atoms with Gasteiger partial charge in [0.05, 0.1) is 12.0 Å². The van der Waals surface area contributed by atoms with Crippen LogP contribution in [0.2, 0.25) is 0 Å². The number of rotatable bonds is 7. The highest BCUT2D eigenvalue weighted by atomic mass is 35.5. The molecule has 0 aromatic carbocycles. The van der Waals surface area contributed by atoms with Gasteiger partial charge in [0.25, 0.3) is 0 Å². The highest BCUT2D eigenvalue weighted by Crippen LogP contribution is 2.10. The molecule has 1 unspecified atom stereocenters. The van der Waals surface area contributed by atoms with Crippen molar-refractivity contribution in [2.45, 2.75) is 44.9 Å². The fraction of sp³-hybridized carbons (Fsp3) is 0.800. The molecule has 0 amide bonds. The molecule has 4 heteroatoms. The maximum Gasteiger partial charge on any atom is 0.305 e. The Labute approximate surface area is 89.8 Å². The number of alkyl halides is 1. The summed E-state index contributed by atoms with van der Waals surface area (Å²) >= 11 is 5.79. The fourth-order valence-corrected chi connectivity index (χ4v) is 1.35. The molecule has 1 atom stereocenters. The minimum Gasteiger partial charge on any atom is -0.466 e. The molecule has 0 heterocycles. The molecule has 0 bridgehead atoms. The first-order chi connectivity index (χ1) is 6.61. The van der Waals surface area contributed by atoms with Crippen molar-refractivity contribution in [3.05, 3.63) is 0 Å². The van der Waals surface area contributed by atoms with Gasteiger partial charge in [0.15, 0.2) is 0 Å². The van der Waals surface area contributed by atoms with Gasteiger partial charge in [-0.05, 0) is 19.8 Å². The second kappa shape index (κ2) is 7.80. The maximum absolute atomic E-state index is 11.1. The molecule has 0 aliphatic heterocycles. The molecule has 0 aromatic heterocycles. The van der Waals surface area contributed by atoms with Crippen LogP contribution in [0, 0.1) is 0 Å². The summed E-state index contributed by atoms with van der Waals surface area (Å²) in [7, 11) is 0. The summed E-state index contributed by atoms with van der Waals surface area (Å²) in [6.07, 6.45) is 1.95. The van der Waals surface area contributed by atoms with Crippen LogP contribution in [0.25, 0.3) is 0 Å². The van der Waals surface area contributed by atoms with E-state index >= 15 is 0 Å². The number of hydrogen-bond donors (Lipinski definition) is 0. The Morgan fingerprint density at radius 2 is 2.00 bits per heavy atom. The molecule has 82 valence electrons. The summed E-state index contributed by atoms with van der Waals surface area (Å²) < 4.78 is 4.74. The van der Waals surface area contributed by atoms with Gasteiger partial charge in [-0.2, -0.15) is 0 Å². The predicted molar refractivity (Wildman–Crippen MR) is 55.4 cm³/mol. The summed E-state index contributed by atoms with van der Waals surface area (Å²) in [5.41, 5.74) is 0. The normalized spacial score (nSPS) is 12.2. The second-order valence-electron chi connectivity index (χ2n) is 2.98. The van der Waals surface area contributed by atoms with E-state index in [2.05, 4.69) is 0 Å². The average Bonchev–Trinajstić information content (AvgIpc) is 2.16. The van der Waals surface area contributed by atoms with Crippen LogP contribution in [-0.4, -0.2) is 23.7 Å². The summed E-state index contributed by atoms with van der Waals surface area (Å²) in [6, 6.07) is 0. The molecule has 0 saturated heterocycles. The van der Waals surface area contributed by atoms with Crippen molar-refractivity contribution in [3.8, 4) is 0 Å². The number of ether oxygens (including phenoxy) is 1. The van der Waals surface area contributed by atoms with E-state index in [1.165, 1.54) is 0 Å². The van der Waals surface area contributed by atoms with Gasteiger partial charge in [0, 0.05) is 12.8 Å². The second-order valence-corrected chi connectivity index (χ2v) is 3.51. The number of hydrogen-bond acceptors (Lipinski definition) is 3. The van der Waals surface area contributed by atoms with Gasteiger partial charge in [0.2, 0.25) is 0 Å². The van der Waals surface area contributed by atoms with Crippen LogP contribution >= 0.6 is 11.6 Å². The Hall–Kier alpha value is -0.570. The minimum atomic E-state index is -0.450. The molecule has 3 nitrogen and oxygen atoms in total. The van der Waals surface area contributed by atoms with E-state index in [0.29, 0.717) is 32.3 Å². The third-order valence-corrected chi connectivity index (χ3v) is 2.30. The van der Waals surface area contributed by atoms with E-state index in [4.69, 9.17) is 16.3 Å². The minimum absolute atomic E-state index is 0.0375. The van der Waals surface area contributed by atoms with Gasteiger partial charge in [-0.15, -0.1) is 11.6 Å². The van der Waals surface area contributed by atoms with Crippen molar-refractivity contribution in [1.29, 1.82) is 0 Å². The zero-order valence-corrected chi connectivity index (χ0v) is 9.47.